The van der Waals surface area contributed by atoms with E-state index in [-0.39, 0.29) is 18.1 Å². The van der Waals surface area contributed by atoms with Crippen LogP contribution in [0, 0.1) is 17.8 Å². The SMILES string of the molecule is C=C(C)[C@@H]1[C@@H](O)C#CCCCC[C@@H]2O[C@@H]1C=C2C. The number of rotatable bonds is 1. The molecule has 2 rings (SSSR count). The lowest BCUT2D eigenvalue weighted by atomic mass is 9.89. The van der Waals surface area contributed by atoms with E-state index in [0.29, 0.717) is 0 Å². The van der Waals surface area contributed by atoms with Crippen LogP contribution < -0.4 is 0 Å². The summed E-state index contributed by atoms with van der Waals surface area (Å²) in [4.78, 5) is 0. The number of aliphatic hydroxyl groups excluding tert-OH is 1. The van der Waals surface area contributed by atoms with Gasteiger partial charge in [0, 0.05) is 12.3 Å². The van der Waals surface area contributed by atoms with Gasteiger partial charge in [-0.25, -0.2) is 0 Å². The molecule has 0 aliphatic carbocycles. The molecule has 2 aliphatic rings. The zero-order chi connectivity index (χ0) is 13.1. The van der Waals surface area contributed by atoms with Gasteiger partial charge in [-0.3, -0.25) is 0 Å². The lowest BCUT2D eigenvalue weighted by Crippen LogP contribution is -2.32. The molecule has 0 aromatic rings. The van der Waals surface area contributed by atoms with Crippen LogP contribution in [-0.2, 0) is 4.74 Å². The second-order valence-electron chi connectivity index (χ2n) is 5.38. The second kappa shape index (κ2) is 5.73. The lowest BCUT2D eigenvalue weighted by Gasteiger charge is -2.26. The standard InChI is InChI=1S/C16H22O2/c1-11(2)16-13(17)8-6-4-5-7-9-14-12(3)10-15(16)18-14/h10,13-17H,1,4-5,7,9H2,2-3H3/t13-,14-,15+,16+/m0/s1. The summed E-state index contributed by atoms with van der Waals surface area (Å²) in [6, 6.07) is 0. The zero-order valence-electron chi connectivity index (χ0n) is 11.3. The first-order chi connectivity index (χ1) is 8.59. The Morgan fingerprint density at radius 1 is 1.50 bits per heavy atom. The molecule has 2 heteroatoms. The van der Waals surface area contributed by atoms with Crippen LogP contribution in [0.4, 0.5) is 0 Å². The predicted molar refractivity (Wildman–Crippen MR) is 73.0 cm³/mol. The molecule has 0 aromatic carbocycles. The lowest BCUT2D eigenvalue weighted by molar-refractivity contribution is 0.000398. The molecule has 0 spiro atoms. The first-order valence-corrected chi connectivity index (χ1v) is 6.75. The van der Waals surface area contributed by atoms with E-state index in [1.165, 1.54) is 5.57 Å². The minimum absolute atomic E-state index is 0.0742. The smallest absolute Gasteiger partial charge is 0.124 e. The van der Waals surface area contributed by atoms with Crippen molar-refractivity contribution < 1.29 is 9.84 Å². The summed E-state index contributed by atoms with van der Waals surface area (Å²) in [6.07, 6.45) is 5.72. The van der Waals surface area contributed by atoms with Gasteiger partial charge in [-0.05, 0) is 38.7 Å². The summed E-state index contributed by atoms with van der Waals surface area (Å²) in [5.74, 6) is 5.90. The maximum absolute atomic E-state index is 10.2. The predicted octanol–water partition coefficient (Wildman–Crippen LogP) is 2.83. The van der Waals surface area contributed by atoms with Crippen LogP contribution in [0.15, 0.2) is 23.8 Å². The van der Waals surface area contributed by atoms with Crippen molar-refractivity contribution in [3.63, 3.8) is 0 Å². The van der Waals surface area contributed by atoms with Crippen molar-refractivity contribution >= 4 is 0 Å². The highest BCUT2D eigenvalue weighted by atomic mass is 16.5. The number of fused-ring (bicyclic) bond motifs is 2. The molecule has 2 bridgehead atoms. The van der Waals surface area contributed by atoms with Crippen molar-refractivity contribution in [2.75, 3.05) is 0 Å². The Morgan fingerprint density at radius 3 is 3.00 bits per heavy atom. The number of ether oxygens (including phenoxy) is 1. The molecular weight excluding hydrogens is 224 g/mol. The summed E-state index contributed by atoms with van der Waals surface area (Å²) >= 11 is 0. The summed E-state index contributed by atoms with van der Waals surface area (Å²) in [7, 11) is 0. The van der Waals surface area contributed by atoms with E-state index in [2.05, 4.69) is 31.4 Å². The highest BCUT2D eigenvalue weighted by Crippen LogP contribution is 2.32. The Labute approximate surface area is 110 Å². The third-order valence-electron chi connectivity index (χ3n) is 3.79. The average molecular weight is 246 g/mol. The summed E-state index contributed by atoms with van der Waals surface area (Å²) in [5.41, 5.74) is 2.22. The highest BCUT2D eigenvalue weighted by molar-refractivity contribution is 5.23. The van der Waals surface area contributed by atoms with E-state index in [1.54, 1.807) is 0 Å². The third-order valence-corrected chi connectivity index (χ3v) is 3.79. The van der Waals surface area contributed by atoms with Gasteiger partial charge in [0.15, 0.2) is 0 Å². The van der Waals surface area contributed by atoms with Crippen molar-refractivity contribution in [2.45, 2.75) is 57.8 Å². The van der Waals surface area contributed by atoms with Crippen LogP contribution in [0.2, 0.25) is 0 Å². The fourth-order valence-electron chi connectivity index (χ4n) is 2.73. The van der Waals surface area contributed by atoms with E-state index in [0.717, 1.165) is 31.3 Å². The Morgan fingerprint density at radius 2 is 2.28 bits per heavy atom. The maximum atomic E-state index is 10.2. The van der Waals surface area contributed by atoms with Crippen molar-refractivity contribution in [3.8, 4) is 11.8 Å². The molecule has 18 heavy (non-hydrogen) atoms. The molecule has 0 saturated heterocycles. The van der Waals surface area contributed by atoms with Gasteiger partial charge in [0.2, 0.25) is 0 Å². The minimum Gasteiger partial charge on any atom is -0.380 e. The van der Waals surface area contributed by atoms with Crippen LogP contribution in [-0.4, -0.2) is 23.4 Å². The van der Waals surface area contributed by atoms with Crippen LogP contribution in [0.3, 0.4) is 0 Å². The maximum Gasteiger partial charge on any atom is 0.124 e. The van der Waals surface area contributed by atoms with E-state index in [1.807, 2.05) is 6.92 Å². The summed E-state index contributed by atoms with van der Waals surface area (Å²) < 4.78 is 6.07. The van der Waals surface area contributed by atoms with Crippen molar-refractivity contribution in [1.82, 2.24) is 0 Å². The van der Waals surface area contributed by atoms with Crippen molar-refractivity contribution in [3.05, 3.63) is 23.8 Å². The number of hydrogen-bond donors (Lipinski definition) is 1. The van der Waals surface area contributed by atoms with Gasteiger partial charge in [-0.1, -0.05) is 24.1 Å². The number of aliphatic hydroxyl groups is 1. The van der Waals surface area contributed by atoms with Crippen LogP contribution in [0.1, 0.15) is 39.5 Å². The Balaban J connectivity index is 2.26. The average Bonchev–Trinajstić information content (AvgIpc) is 2.61. The largest absolute Gasteiger partial charge is 0.380 e. The molecule has 0 amide bonds. The zero-order valence-corrected chi connectivity index (χ0v) is 11.3. The summed E-state index contributed by atoms with van der Waals surface area (Å²) in [5, 5.41) is 10.2. The molecular formula is C16H22O2. The third kappa shape index (κ3) is 2.85. The van der Waals surface area contributed by atoms with Gasteiger partial charge in [-0.2, -0.15) is 0 Å². The fraction of sp³-hybridized carbons (Fsp3) is 0.625. The Kier molecular flexibility index (Phi) is 4.27. The molecule has 2 nitrogen and oxygen atoms in total. The molecule has 0 saturated carbocycles. The van der Waals surface area contributed by atoms with E-state index < -0.39 is 6.10 Å². The van der Waals surface area contributed by atoms with Gasteiger partial charge < -0.3 is 9.84 Å². The molecule has 0 aromatic heterocycles. The topological polar surface area (TPSA) is 29.5 Å². The first-order valence-electron chi connectivity index (χ1n) is 6.75. The highest BCUT2D eigenvalue weighted by Gasteiger charge is 2.34. The fourth-order valence-corrected chi connectivity index (χ4v) is 2.73. The van der Waals surface area contributed by atoms with Gasteiger partial charge in [0.05, 0.1) is 12.2 Å². The van der Waals surface area contributed by atoms with E-state index in [9.17, 15) is 5.11 Å². The molecule has 0 unspecified atom stereocenters. The quantitative estimate of drug-likeness (QED) is 0.569. The Bertz CT molecular complexity index is 411. The van der Waals surface area contributed by atoms with Gasteiger partial charge in [-0.15, -0.1) is 5.92 Å². The van der Waals surface area contributed by atoms with Gasteiger partial charge in [0.25, 0.3) is 0 Å². The molecule has 2 aliphatic heterocycles. The van der Waals surface area contributed by atoms with Crippen molar-refractivity contribution in [1.29, 1.82) is 0 Å². The summed E-state index contributed by atoms with van der Waals surface area (Å²) in [6.45, 7) is 8.04. The van der Waals surface area contributed by atoms with Gasteiger partial charge in [0.1, 0.15) is 6.10 Å². The molecule has 1 N–H and O–H groups in total. The molecule has 98 valence electrons. The molecule has 0 radical (unpaired) electrons. The normalized spacial score (nSPS) is 36.1. The minimum atomic E-state index is -0.673. The molecule has 4 atom stereocenters. The van der Waals surface area contributed by atoms with Crippen LogP contribution in [0.5, 0.6) is 0 Å². The first kappa shape index (κ1) is 13.4. The Hall–Kier alpha value is -1.04. The van der Waals surface area contributed by atoms with Crippen molar-refractivity contribution in [2.24, 2.45) is 5.92 Å². The van der Waals surface area contributed by atoms with E-state index in [4.69, 9.17) is 4.74 Å². The second-order valence-corrected chi connectivity index (χ2v) is 5.38. The van der Waals surface area contributed by atoms with Gasteiger partial charge >= 0.3 is 0 Å². The monoisotopic (exact) mass is 246 g/mol. The molecule has 2 heterocycles. The van der Waals surface area contributed by atoms with Crippen LogP contribution in [0.25, 0.3) is 0 Å². The van der Waals surface area contributed by atoms with E-state index >= 15 is 0 Å². The van der Waals surface area contributed by atoms with Crippen LogP contribution >= 0.6 is 0 Å². The number of hydrogen-bond acceptors (Lipinski definition) is 2. The molecule has 0 fully saturated rings.